The van der Waals surface area contributed by atoms with Crippen LogP contribution in [0.2, 0.25) is 0 Å². The summed E-state index contributed by atoms with van der Waals surface area (Å²) in [4.78, 5) is 1.08. The Morgan fingerprint density at radius 3 is 2.71 bits per heavy atom. The van der Waals surface area contributed by atoms with Gasteiger partial charge in [-0.2, -0.15) is 12.6 Å². The van der Waals surface area contributed by atoms with Gasteiger partial charge in [0.05, 0.1) is 6.10 Å². The molecule has 0 fully saturated rings. The van der Waals surface area contributed by atoms with Crippen LogP contribution in [0.1, 0.15) is 11.7 Å². The first-order chi connectivity index (χ1) is 6.69. The van der Waals surface area contributed by atoms with E-state index in [0.29, 0.717) is 0 Å². The van der Waals surface area contributed by atoms with Gasteiger partial charge in [0.2, 0.25) is 0 Å². The van der Waals surface area contributed by atoms with Crippen LogP contribution in [0.25, 0.3) is 0 Å². The predicted molar refractivity (Wildman–Crippen MR) is 63.0 cm³/mol. The van der Waals surface area contributed by atoms with Gasteiger partial charge in [0.15, 0.2) is 0 Å². The third-order valence-corrected chi connectivity index (χ3v) is 3.09. The Hall–Kier alpha value is -0.160. The lowest BCUT2D eigenvalue weighted by Gasteiger charge is -2.16. The highest BCUT2D eigenvalue weighted by Gasteiger charge is 2.16. The fourth-order valence-corrected chi connectivity index (χ4v) is 1.82. The number of thiol groups is 1. The number of benzene rings is 1. The molecule has 0 heterocycles. The minimum Gasteiger partial charge on any atom is -0.389 e. The molecular weight excluding hydrogens is 216 g/mol. The Morgan fingerprint density at radius 2 is 2.14 bits per heavy atom. The van der Waals surface area contributed by atoms with Gasteiger partial charge in [0, 0.05) is 10.6 Å². The molecule has 14 heavy (non-hydrogen) atoms. The van der Waals surface area contributed by atoms with Crippen LogP contribution in [-0.4, -0.2) is 28.3 Å². The molecule has 2 unspecified atom stereocenters. The molecule has 2 nitrogen and oxygen atoms in total. The molecule has 1 aromatic rings. The van der Waals surface area contributed by atoms with Crippen molar-refractivity contribution in [2.24, 2.45) is 0 Å². The first kappa shape index (κ1) is 11.9. The van der Waals surface area contributed by atoms with E-state index in [1.54, 1.807) is 17.8 Å². The van der Waals surface area contributed by atoms with Crippen LogP contribution < -0.4 is 0 Å². The quantitative estimate of drug-likeness (QED) is 0.545. The van der Waals surface area contributed by atoms with Crippen LogP contribution in [0.5, 0.6) is 0 Å². The van der Waals surface area contributed by atoms with E-state index in [4.69, 9.17) is 0 Å². The van der Waals surface area contributed by atoms with E-state index in [-0.39, 0.29) is 5.75 Å². The third-order valence-electron chi connectivity index (χ3n) is 1.99. The number of aliphatic hydroxyl groups excluding tert-OH is 2. The van der Waals surface area contributed by atoms with Gasteiger partial charge in [0.25, 0.3) is 0 Å². The van der Waals surface area contributed by atoms with Crippen LogP contribution in [0.15, 0.2) is 29.2 Å². The van der Waals surface area contributed by atoms with Crippen molar-refractivity contribution in [3.05, 3.63) is 29.8 Å². The van der Waals surface area contributed by atoms with Gasteiger partial charge in [-0.05, 0) is 24.0 Å². The highest BCUT2D eigenvalue weighted by molar-refractivity contribution is 7.98. The monoisotopic (exact) mass is 230 g/mol. The van der Waals surface area contributed by atoms with Crippen LogP contribution in [0, 0.1) is 0 Å². The molecular formula is C10H14O2S2. The normalized spacial score (nSPS) is 15.1. The Balaban J connectivity index is 2.83. The van der Waals surface area contributed by atoms with Crippen molar-refractivity contribution in [2.75, 3.05) is 12.0 Å². The Morgan fingerprint density at radius 1 is 1.43 bits per heavy atom. The number of hydrogen-bond donors (Lipinski definition) is 3. The summed E-state index contributed by atoms with van der Waals surface area (Å²) in [7, 11) is 0. The highest BCUT2D eigenvalue weighted by Crippen LogP contribution is 2.22. The highest BCUT2D eigenvalue weighted by atomic mass is 32.2. The van der Waals surface area contributed by atoms with E-state index in [1.165, 1.54) is 0 Å². The topological polar surface area (TPSA) is 40.5 Å². The first-order valence-electron chi connectivity index (χ1n) is 4.30. The molecule has 0 aliphatic carbocycles. The number of thioether (sulfide) groups is 1. The molecule has 2 N–H and O–H groups in total. The Kier molecular flexibility index (Phi) is 4.81. The van der Waals surface area contributed by atoms with Crippen molar-refractivity contribution < 1.29 is 10.2 Å². The van der Waals surface area contributed by atoms with Gasteiger partial charge in [-0.15, -0.1) is 11.8 Å². The molecule has 2 atom stereocenters. The van der Waals surface area contributed by atoms with E-state index in [2.05, 4.69) is 12.6 Å². The maximum Gasteiger partial charge on any atom is 0.106 e. The Labute approximate surface area is 93.8 Å². The molecule has 4 heteroatoms. The van der Waals surface area contributed by atoms with Crippen molar-refractivity contribution in [1.29, 1.82) is 0 Å². The maximum atomic E-state index is 9.70. The van der Waals surface area contributed by atoms with Crippen molar-refractivity contribution in [3.8, 4) is 0 Å². The average Bonchev–Trinajstić information content (AvgIpc) is 2.27. The molecule has 0 saturated carbocycles. The fraction of sp³-hybridized carbons (Fsp3) is 0.400. The third kappa shape index (κ3) is 2.92. The molecule has 0 radical (unpaired) electrons. The SMILES string of the molecule is CSc1cccc(C(O)C(O)CS)c1. The minimum atomic E-state index is -0.848. The van der Waals surface area contributed by atoms with Crippen LogP contribution >= 0.6 is 24.4 Å². The van der Waals surface area contributed by atoms with Gasteiger partial charge < -0.3 is 10.2 Å². The van der Waals surface area contributed by atoms with E-state index < -0.39 is 12.2 Å². The molecule has 1 aromatic carbocycles. The first-order valence-corrected chi connectivity index (χ1v) is 6.15. The second-order valence-electron chi connectivity index (χ2n) is 2.97. The lowest BCUT2D eigenvalue weighted by molar-refractivity contribution is 0.0336. The average molecular weight is 230 g/mol. The summed E-state index contributed by atoms with van der Waals surface area (Å²) >= 11 is 5.55. The summed E-state index contributed by atoms with van der Waals surface area (Å²) in [5.41, 5.74) is 0.735. The summed E-state index contributed by atoms with van der Waals surface area (Å²) < 4.78 is 0. The largest absolute Gasteiger partial charge is 0.389 e. The van der Waals surface area contributed by atoms with Crippen LogP contribution in [0.3, 0.4) is 0 Å². The zero-order chi connectivity index (χ0) is 10.6. The van der Waals surface area contributed by atoms with Gasteiger partial charge >= 0.3 is 0 Å². The van der Waals surface area contributed by atoms with Gasteiger partial charge in [0.1, 0.15) is 6.10 Å². The molecule has 0 aliphatic rings. The van der Waals surface area contributed by atoms with Crippen LogP contribution in [-0.2, 0) is 0 Å². The standard InChI is InChI=1S/C10H14O2S2/c1-14-8-4-2-3-7(5-8)10(12)9(11)6-13/h2-5,9-13H,6H2,1H3. The van der Waals surface area contributed by atoms with Gasteiger partial charge in [-0.1, -0.05) is 12.1 Å². The minimum absolute atomic E-state index is 0.255. The van der Waals surface area contributed by atoms with Crippen molar-refractivity contribution in [1.82, 2.24) is 0 Å². The number of hydrogen-bond acceptors (Lipinski definition) is 4. The predicted octanol–water partition coefficient (Wildman–Crippen LogP) is 1.73. The zero-order valence-electron chi connectivity index (χ0n) is 7.92. The maximum absolute atomic E-state index is 9.70. The summed E-state index contributed by atoms with van der Waals surface area (Å²) in [6.07, 6.45) is 0.315. The fourth-order valence-electron chi connectivity index (χ4n) is 1.15. The van der Waals surface area contributed by atoms with E-state index >= 15 is 0 Å². The molecule has 0 saturated heterocycles. The molecule has 0 amide bonds. The lowest BCUT2D eigenvalue weighted by Crippen LogP contribution is -2.19. The second-order valence-corrected chi connectivity index (χ2v) is 4.22. The summed E-state index contributed by atoms with van der Waals surface area (Å²) in [6, 6.07) is 7.52. The smallest absolute Gasteiger partial charge is 0.106 e. The van der Waals surface area contributed by atoms with E-state index in [9.17, 15) is 10.2 Å². The summed E-state index contributed by atoms with van der Waals surface area (Å²) in [5.74, 6) is 0.255. The molecule has 78 valence electrons. The number of rotatable bonds is 4. The summed E-state index contributed by atoms with van der Waals surface area (Å²) in [6.45, 7) is 0. The van der Waals surface area contributed by atoms with Crippen molar-refractivity contribution >= 4 is 24.4 Å². The lowest BCUT2D eigenvalue weighted by atomic mass is 10.1. The Bertz CT molecular complexity index is 291. The van der Waals surface area contributed by atoms with Gasteiger partial charge in [-0.3, -0.25) is 0 Å². The molecule has 0 spiro atoms. The molecule has 0 aromatic heterocycles. The van der Waals surface area contributed by atoms with E-state index in [0.717, 1.165) is 10.5 Å². The molecule has 0 aliphatic heterocycles. The molecule has 1 rings (SSSR count). The van der Waals surface area contributed by atoms with Crippen molar-refractivity contribution in [2.45, 2.75) is 17.1 Å². The number of aliphatic hydroxyl groups is 2. The van der Waals surface area contributed by atoms with Crippen molar-refractivity contribution in [3.63, 3.8) is 0 Å². The van der Waals surface area contributed by atoms with E-state index in [1.807, 2.05) is 24.5 Å². The zero-order valence-corrected chi connectivity index (χ0v) is 9.63. The summed E-state index contributed by atoms with van der Waals surface area (Å²) in [5, 5.41) is 19.1. The van der Waals surface area contributed by atoms with Gasteiger partial charge in [-0.25, -0.2) is 0 Å². The second kappa shape index (κ2) is 5.66. The van der Waals surface area contributed by atoms with Crippen LogP contribution in [0.4, 0.5) is 0 Å². The molecule has 0 bridgehead atoms.